The summed E-state index contributed by atoms with van der Waals surface area (Å²) in [6.45, 7) is 5.97. The highest BCUT2D eigenvalue weighted by Crippen LogP contribution is 2.20. The Hall–Kier alpha value is -2.14. The van der Waals surface area contributed by atoms with Crippen molar-refractivity contribution in [3.05, 3.63) is 64.7 Å². The van der Waals surface area contributed by atoms with Crippen LogP contribution in [0, 0.1) is 13.8 Å². The number of aryl methyl sites for hydroxylation is 2. The molecule has 1 amide bonds. The van der Waals surface area contributed by atoms with Crippen molar-refractivity contribution in [2.24, 2.45) is 0 Å². The van der Waals surface area contributed by atoms with E-state index in [1.807, 2.05) is 39.0 Å². The van der Waals surface area contributed by atoms with Gasteiger partial charge in [-0.2, -0.15) is 0 Å². The van der Waals surface area contributed by atoms with Gasteiger partial charge in [0.1, 0.15) is 0 Å². The van der Waals surface area contributed by atoms with E-state index in [-0.39, 0.29) is 16.8 Å². The van der Waals surface area contributed by atoms with Gasteiger partial charge in [-0.3, -0.25) is 4.79 Å². The summed E-state index contributed by atoms with van der Waals surface area (Å²) in [5.41, 5.74) is 3.74. The zero-order chi connectivity index (χ0) is 17.9. The van der Waals surface area contributed by atoms with E-state index in [2.05, 4.69) is 5.32 Å². The van der Waals surface area contributed by atoms with Gasteiger partial charge in [-0.05, 0) is 61.2 Å². The molecular weight excluding hydrogens is 322 g/mol. The standard InChI is InChI=1S/C19H23NO3S/c1-5-18(15-8-10-17(11-9-15)24(4,22)23)20-19(21)16-7-6-13(2)14(3)12-16/h6-12,18H,5H2,1-4H3,(H,20,21). The lowest BCUT2D eigenvalue weighted by atomic mass is 10.0. The molecule has 0 aromatic heterocycles. The van der Waals surface area contributed by atoms with Gasteiger partial charge in [-0.15, -0.1) is 0 Å². The zero-order valence-electron chi connectivity index (χ0n) is 14.5. The van der Waals surface area contributed by atoms with Crippen LogP contribution in [0.3, 0.4) is 0 Å². The predicted molar refractivity (Wildman–Crippen MR) is 96.0 cm³/mol. The third kappa shape index (κ3) is 4.23. The highest BCUT2D eigenvalue weighted by molar-refractivity contribution is 7.90. The number of carbonyl (C=O) groups excluding carboxylic acids is 1. The van der Waals surface area contributed by atoms with Crippen molar-refractivity contribution in [3.63, 3.8) is 0 Å². The molecule has 1 N–H and O–H groups in total. The van der Waals surface area contributed by atoms with Crippen LogP contribution in [0.4, 0.5) is 0 Å². The van der Waals surface area contributed by atoms with Crippen LogP contribution in [0.1, 0.15) is 46.4 Å². The van der Waals surface area contributed by atoms with Crippen LogP contribution in [-0.4, -0.2) is 20.6 Å². The molecular formula is C19H23NO3S. The van der Waals surface area contributed by atoms with Crippen molar-refractivity contribution in [1.29, 1.82) is 0 Å². The van der Waals surface area contributed by atoms with Crippen LogP contribution in [0.25, 0.3) is 0 Å². The number of rotatable bonds is 5. The van der Waals surface area contributed by atoms with E-state index in [1.54, 1.807) is 24.3 Å². The first-order valence-electron chi connectivity index (χ1n) is 7.90. The lowest BCUT2D eigenvalue weighted by Gasteiger charge is -2.18. The minimum absolute atomic E-state index is 0.128. The van der Waals surface area contributed by atoms with Gasteiger partial charge in [0.15, 0.2) is 9.84 Å². The molecule has 0 spiro atoms. The summed E-state index contributed by atoms with van der Waals surface area (Å²) in [5, 5.41) is 3.02. The average molecular weight is 345 g/mol. The third-order valence-electron chi connectivity index (χ3n) is 4.19. The molecule has 0 aliphatic rings. The molecule has 128 valence electrons. The smallest absolute Gasteiger partial charge is 0.251 e. The van der Waals surface area contributed by atoms with Crippen molar-refractivity contribution in [2.75, 3.05) is 6.26 Å². The zero-order valence-corrected chi connectivity index (χ0v) is 15.3. The first-order valence-corrected chi connectivity index (χ1v) is 9.79. The van der Waals surface area contributed by atoms with Crippen molar-refractivity contribution in [1.82, 2.24) is 5.32 Å². The van der Waals surface area contributed by atoms with E-state index in [9.17, 15) is 13.2 Å². The average Bonchev–Trinajstić information content (AvgIpc) is 2.54. The largest absolute Gasteiger partial charge is 0.345 e. The molecule has 2 aromatic rings. The molecule has 0 radical (unpaired) electrons. The summed E-state index contributed by atoms with van der Waals surface area (Å²) in [5.74, 6) is -0.128. The summed E-state index contributed by atoms with van der Waals surface area (Å²) >= 11 is 0. The second-order valence-corrected chi connectivity index (χ2v) is 8.09. The number of hydrogen-bond donors (Lipinski definition) is 1. The number of amides is 1. The highest BCUT2D eigenvalue weighted by Gasteiger charge is 2.15. The van der Waals surface area contributed by atoms with Gasteiger partial charge in [-0.25, -0.2) is 8.42 Å². The fourth-order valence-corrected chi connectivity index (χ4v) is 3.12. The highest BCUT2D eigenvalue weighted by atomic mass is 32.2. The molecule has 1 atom stereocenters. The van der Waals surface area contributed by atoms with Crippen LogP contribution in [0.15, 0.2) is 47.4 Å². The molecule has 1 unspecified atom stereocenters. The van der Waals surface area contributed by atoms with Gasteiger partial charge >= 0.3 is 0 Å². The molecule has 0 saturated carbocycles. The van der Waals surface area contributed by atoms with E-state index in [0.717, 1.165) is 23.1 Å². The Morgan fingerprint density at radius 2 is 1.67 bits per heavy atom. The molecule has 2 rings (SSSR count). The molecule has 0 aliphatic heterocycles. The van der Waals surface area contributed by atoms with Gasteiger partial charge in [0.2, 0.25) is 0 Å². The van der Waals surface area contributed by atoms with Crippen molar-refractivity contribution < 1.29 is 13.2 Å². The molecule has 0 fully saturated rings. The number of nitrogens with one attached hydrogen (secondary N) is 1. The molecule has 0 bridgehead atoms. The molecule has 2 aromatic carbocycles. The fraction of sp³-hybridized carbons (Fsp3) is 0.316. The third-order valence-corrected chi connectivity index (χ3v) is 5.32. The summed E-state index contributed by atoms with van der Waals surface area (Å²) in [7, 11) is -3.21. The quantitative estimate of drug-likeness (QED) is 0.901. The Labute approximate surface area is 143 Å². The summed E-state index contributed by atoms with van der Waals surface area (Å²) < 4.78 is 23.1. The van der Waals surface area contributed by atoms with Crippen LogP contribution < -0.4 is 5.32 Å². The SMILES string of the molecule is CCC(NC(=O)c1ccc(C)c(C)c1)c1ccc(S(C)(=O)=O)cc1. The van der Waals surface area contributed by atoms with Crippen molar-refractivity contribution in [2.45, 2.75) is 38.1 Å². The number of carbonyl (C=O) groups is 1. The molecule has 0 heterocycles. The van der Waals surface area contributed by atoms with E-state index < -0.39 is 9.84 Å². The molecule has 0 saturated heterocycles. The van der Waals surface area contributed by atoms with Gasteiger partial charge in [0, 0.05) is 11.8 Å². The maximum Gasteiger partial charge on any atom is 0.251 e. The van der Waals surface area contributed by atoms with Crippen LogP contribution in [0.2, 0.25) is 0 Å². The van der Waals surface area contributed by atoms with Crippen LogP contribution in [0.5, 0.6) is 0 Å². The van der Waals surface area contributed by atoms with Crippen molar-refractivity contribution in [3.8, 4) is 0 Å². The van der Waals surface area contributed by atoms with Gasteiger partial charge in [0.05, 0.1) is 10.9 Å². The Morgan fingerprint density at radius 3 is 2.17 bits per heavy atom. The van der Waals surface area contributed by atoms with E-state index in [4.69, 9.17) is 0 Å². The van der Waals surface area contributed by atoms with E-state index in [0.29, 0.717) is 5.56 Å². The van der Waals surface area contributed by atoms with E-state index in [1.165, 1.54) is 6.26 Å². The van der Waals surface area contributed by atoms with Gasteiger partial charge in [-0.1, -0.05) is 25.1 Å². The first-order chi connectivity index (χ1) is 11.2. The normalized spacial score (nSPS) is 12.7. The Balaban J connectivity index is 2.19. The maximum absolute atomic E-state index is 12.5. The van der Waals surface area contributed by atoms with Gasteiger partial charge in [0.25, 0.3) is 5.91 Å². The number of benzene rings is 2. The van der Waals surface area contributed by atoms with E-state index >= 15 is 0 Å². The molecule has 4 nitrogen and oxygen atoms in total. The summed E-state index contributed by atoms with van der Waals surface area (Å²) in [4.78, 5) is 12.7. The monoisotopic (exact) mass is 345 g/mol. The fourth-order valence-electron chi connectivity index (χ4n) is 2.49. The molecule has 0 aliphatic carbocycles. The Bertz CT molecular complexity index is 839. The maximum atomic E-state index is 12.5. The second-order valence-electron chi connectivity index (χ2n) is 6.07. The Morgan fingerprint density at radius 1 is 1.04 bits per heavy atom. The summed E-state index contributed by atoms with van der Waals surface area (Å²) in [6, 6.07) is 12.1. The lowest BCUT2D eigenvalue weighted by Crippen LogP contribution is -2.28. The first kappa shape index (κ1) is 18.2. The minimum atomic E-state index is -3.21. The number of sulfone groups is 1. The second kappa shape index (κ2) is 7.18. The summed E-state index contributed by atoms with van der Waals surface area (Å²) in [6.07, 6.45) is 1.90. The number of hydrogen-bond acceptors (Lipinski definition) is 3. The lowest BCUT2D eigenvalue weighted by molar-refractivity contribution is 0.0935. The predicted octanol–water partition coefficient (Wildman–Crippen LogP) is 3.59. The van der Waals surface area contributed by atoms with Gasteiger partial charge < -0.3 is 5.32 Å². The topological polar surface area (TPSA) is 63.2 Å². The van der Waals surface area contributed by atoms with Crippen molar-refractivity contribution >= 4 is 15.7 Å². The van der Waals surface area contributed by atoms with Crippen LogP contribution >= 0.6 is 0 Å². The van der Waals surface area contributed by atoms with Crippen LogP contribution in [-0.2, 0) is 9.84 Å². The Kier molecular flexibility index (Phi) is 5.44. The molecule has 5 heteroatoms. The minimum Gasteiger partial charge on any atom is -0.345 e. The molecule has 24 heavy (non-hydrogen) atoms.